The molecular weight excluding hydrogens is 374 g/mol. The molecule has 6 nitrogen and oxygen atoms in total. The Morgan fingerprint density at radius 3 is 2.43 bits per heavy atom. The van der Waals surface area contributed by atoms with Crippen LogP contribution in [0.2, 0.25) is 0 Å². The molecule has 0 bridgehead atoms. The van der Waals surface area contributed by atoms with E-state index in [4.69, 9.17) is 0 Å². The summed E-state index contributed by atoms with van der Waals surface area (Å²) in [6, 6.07) is 21.6. The SMILES string of the molecule is CS(=O)(=O)c1ccc(NC(=O)c2cc(-c3cccc4ccccc34)n[nH]2)cc1. The lowest BCUT2D eigenvalue weighted by atomic mass is 10.0. The molecule has 0 radical (unpaired) electrons. The summed E-state index contributed by atoms with van der Waals surface area (Å²) in [6.45, 7) is 0. The Labute approximate surface area is 162 Å². The van der Waals surface area contributed by atoms with Gasteiger partial charge < -0.3 is 5.32 Å². The number of anilines is 1. The smallest absolute Gasteiger partial charge is 0.273 e. The molecule has 1 heterocycles. The largest absolute Gasteiger partial charge is 0.321 e. The number of benzene rings is 3. The van der Waals surface area contributed by atoms with Crippen LogP contribution in [0.4, 0.5) is 5.69 Å². The van der Waals surface area contributed by atoms with E-state index in [9.17, 15) is 13.2 Å². The summed E-state index contributed by atoms with van der Waals surface area (Å²) in [5.41, 5.74) is 2.43. The highest BCUT2D eigenvalue weighted by Crippen LogP contribution is 2.27. The summed E-state index contributed by atoms with van der Waals surface area (Å²) in [5.74, 6) is -0.355. The highest BCUT2D eigenvalue weighted by molar-refractivity contribution is 7.90. The fourth-order valence-electron chi connectivity index (χ4n) is 3.01. The number of carbonyl (C=O) groups is 1. The van der Waals surface area contributed by atoms with Crippen molar-refractivity contribution in [1.82, 2.24) is 10.2 Å². The highest BCUT2D eigenvalue weighted by Gasteiger charge is 2.13. The number of sulfone groups is 1. The summed E-state index contributed by atoms with van der Waals surface area (Å²) in [7, 11) is -3.27. The number of amides is 1. The number of rotatable bonds is 4. The van der Waals surface area contributed by atoms with Crippen LogP contribution < -0.4 is 5.32 Å². The van der Waals surface area contributed by atoms with E-state index in [1.54, 1.807) is 18.2 Å². The standard InChI is InChI=1S/C21H17N3O3S/c1-28(26,27)16-11-9-15(10-12-16)22-21(25)20-13-19(23-24-20)18-8-4-6-14-5-2-3-7-17(14)18/h2-13H,1H3,(H,22,25)(H,23,24). The molecule has 0 saturated heterocycles. The Bertz CT molecular complexity index is 1270. The Hall–Kier alpha value is -3.45. The van der Waals surface area contributed by atoms with Gasteiger partial charge in [0.25, 0.3) is 5.91 Å². The summed E-state index contributed by atoms with van der Waals surface area (Å²) in [6.07, 6.45) is 1.14. The van der Waals surface area contributed by atoms with E-state index in [-0.39, 0.29) is 10.8 Å². The second kappa shape index (κ2) is 6.94. The number of carbonyl (C=O) groups excluding carboxylic acids is 1. The Morgan fingerprint density at radius 1 is 0.964 bits per heavy atom. The van der Waals surface area contributed by atoms with E-state index in [2.05, 4.69) is 15.5 Å². The number of fused-ring (bicyclic) bond motifs is 1. The van der Waals surface area contributed by atoms with Crippen LogP contribution in [0.3, 0.4) is 0 Å². The van der Waals surface area contributed by atoms with E-state index in [0.717, 1.165) is 22.6 Å². The zero-order chi connectivity index (χ0) is 19.7. The third-order valence-electron chi connectivity index (χ3n) is 4.43. The van der Waals surface area contributed by atoms with Crippen LogP contribution in [0.15, 0.2) is 77.7 Å². The lowest BCUT2D eigenvalue weighted by molar-refractivity contribution is 0.102. The zero-order valence-corrected chi connectivity index (χ0v) is 15.8. The number of H-pyrrole nitrogens is 1. The number of aromatic nitrogens is 2. The van der Waals surface area contributed by atoms with Gasteiger partial charge in [-0.1, -0.05) is 42.5 Å². The van der Waals surface area contributed by atoms with Gasteiger partial charge in [0.05, 0.1) is 10.6 Å². The summed E-state index contributed by atoms with van der Waals surface area (Å²) < 4.78 is 23.0. The molecular formula is C21H17N3O3S. The van der Waals surface area contributed by atoms with Crippen LogP contribution >= 0.6 is 0 Å². The maximum atomic E-state index is 12.5. The average Bonchev–Trinajstić information content (AvgIpc) is 3.17. The minimum Gasteiger partial charge on any atom is -0.321 e. The molecule has 0 aliphatic carbocycles. The first-order chi connectivity index (χ1) is 13.4. The van der Waals surface area contributed by atoms with Crippen molar-refractivity contribution in [1.29, 1.82) is 0 Å². The second-order valence-corrected chi connectivity index (χ2v) is 8.46. The molecule has 2 N–H and O–H groups in total. The number of hydrogen-bond donors (Lipinski definition) is 2. The van der Waals surface area contributed by atoms with Crippen molar-refractivity contribution in [3.8, 4) is 11.3 Å². The van der Waals surface area contributed by atoms with Gasteiger partial charge >= 0.3 is 0 Å². The monoisotopic (exact) mass is 391 g/mol. The second-order valence-electron chi connectivity index (χ2n) is 6.44. The van der Waals surface area contributed by atoms with Gasteiger partial charge in [0.15, 0.2) is 9.84 Å². The van der Waals surface area contributed by atoms with Gasteiger partial charge in [0.2, 0.25) is 0 Å². The molecule has 4 aromatic rings. The van der Waals surface area contributed by atoms with Crippen molar-refractivity contribution in [2.75, 3.05) is 11.6 Å². The summed E-state index contributed by atoms with van der Waals surface area (Å²) in [4.78, 5) is 12.7. The minimum absolute atomic E-state index is 0.199. The number of aromatic amines is 1. The number of nitrogens with zero attached hydrogens (tertiary/aromatic N) is 1. The van der Waals surface area contributed by atoms with Gasteiger partial charge in [0, 0.05) is 17.5 Å². The van der Waals surface area contributed by atoms with Crippen LogP contribution in [0.1, 0.15) is 10.5 Å². The Balaban J connectivity index is 1.58. The average molecular weight is 391 g/mol. The number of hydrogen-bond acceptors (Lipinski definition) is 4. The first-order valence-electron chi connectivity index (χ1n) is 8.57. The first-order valence-corrected chi connectivity index (χ1v) is 10.5. The fourth-order valence-corrected chi connectivity index (χ4v) is 3.64. The maximum Gasteiger partial charge on any atom is 0.273 e. The third kappa shape index (κ3) is 3.52. The first kappa shape index (κ1) is 17.9. The zero-order valence-electron chi connectivity index (χ0n) is 15.0. The van der Waals surface area contributed by atoms with Crippen molar-refractivity contribution in [3.05, 3.63) is 78.5 Å². The van der Waals surface area contributed by atoms with Crippen LogP contribution in [0.25, 0.3) is 22.0 Å². The van der Waals surface area contributed by atoms with Gasteiger partial charge in [-0.25, -0.2) is 8.42 Å². The van der Waals surface area contributed by atoms with Crippen LogP contribution in [0.5, 0.6) is 0 Å². The molecule has 28 heavy (non-hydrogen) atoms. The molecule has 0 aliphatic rings. The van der Waals surface area contributed by atoms with Crippen LogP contribution in [-0.4, -0.2) is 30.8 Å². The molecule has 1 amide bonds. The molecule has 0 spiro atoms. The molecule has 0 atom stereocenters. The lowest BCUT2D eigenvalue weighted by Gasteiger charge is -2.04. The van der Waals surface area contributed by atoms with Gasteiger partial charge in [-0.2, -0.15) is 5.10 Å². The van der Waals surface area contributed by atoms with E-state index in [1.165, 1.54) is 12.1 Å². The van der Waals surface area contributed by atoms with Gasteiger partial charge in [-0.05, 0) is 41.1 Å². The predicted octanol–water partition coefficient (Wildman–Crippen LogP) is 3.89. The van der Waals surface area contributed by atoms with E-state index in [0.29, 0.717) is 17.1 Å². The van der Waals surface area contributed by atoms with Crippen molar-refractivity contribution in [3.63, 3.8) is 0 Å². The lowest BCUT2D eigenvalue weighted by Crippen LogP contribution is -2.12. The van der Waals surface area contributed by atoms with Gasteiger partial charge in [-0.3, -0.25) is 9.89 Å². The van der Waals surface area contributed by atoms with Crippen molar-refractivity contribution in [2.24, 2.45) is 0 Å². The van der Waals surface area contributed by atoms with Crippen LogP contribution in [0, 0.1) is 0 Å². The third-order valence-corrected chi connectivity index (χ3v) is 5.56. The highest BCUT2D eigenvalue weighted by atomic mass is 32.2. The maximum absolute atomic E-state index is 12.5. The molecule has 140 valence electrons. The quantitative estimate of drug-likeness (QED) is 0.552. The van der Waals surface area contributed by atoms with Gasteiger partial charge in [-0.15, -0.1) is 0 Å². The van der Waals surface area contributed by atoms with E-state index >= 15 is 0 Å². The molecule has 0 unspecified atom stereocenters. The molecule has 4 rings (SSSR count). The molecule has 1 aromatic heterocycles. The Kier molecular flexibility index (Phi) is 4.44. The normalized spacial score (nSPS) is 11.5. The van der Waals surface area contributed by atoms with E-state index in [1.807, 2.05) is 42.5 Å². The van der Waals surface area contributed by atoms with Gasteiger partial charge in [0.1, 0.15) is 5.69 Å². The van der Waals surface area contributed by atoms with Crippen LogP contribution in [-0.2, 0) is 9.84 Å². The van der Waals surface area contributed by atoms with Crippen molar-refractivity contribution < 1.29 is 13.2 Å². The summed E-state index contributed by atoms with van der Waals surface area (Å²) >= 11 is 0. The van der Waals surface area contributed by atoms with Crippen molar-refractivity contribution in [2.45, 2.75) is 4.90 Å². The number of nitrogens with one attached hydrogen (secondary N) is 2. The van der Waals surface area contributed by atoms with E-state index < -0.39 is 9.84 Å². The fraction of sp³-hybridized carbons (Fsp3) is 0.0476. The predicted molar refractivity (Wildman–Crippen MR) is 109 cm³/mol. The summed E-state index contributed by atoms with van der Waals surface area (Å²) in [5, 5.41) is 11.9. The molecule has 3 aromatic carbocycles. The molecule has 0 fully saturated rings. The molecule has 0 aliphatic heterocycles. The molecule has 0 saturated carbocycles. The topological polar surface area (TPSA) is 91.9 Å². The minimum atomic E-state index is -3.27. The van der Waals surface area contributed by atoms with Crippen molar-refractivity contribution >= 4 is 32.2 Å². The molecule has 7 heteroatoms. The Morgan fingerprint density at radius 2 is 1.68 bits per heavy atom.